The van der Waals surface area contributed by atoms with Crippen LogP contribution in [-0.2, 0) is 13.0 Å². The average Bonchev–Trinajstić information content (AvgIpc) is 2.60. The molecule has 0 saturated carbocycles. The Labute approximate surface area is 124 Å². The number of hydrogen-bond donors (Lipinski definition) is 1. The van der Waals surface area contributed by atoms with Crippen molar-refractivity contribution < 1.29 is 0 Å². The summed E-state index contributed by atoms with van der Waals surface area (Å²) in [5.74, 6) is 0. The van der Waals surface area contributed by atoms with Gasteiger partial charge in [0.15, 0.2) is 0 Å². The summed E-state index contributed by atoms with van der Waals surface area (Å²) < 4.78 is 0. The van der Waals surface area contributed by atoms with Gasteiger partial charge in [-0.3, -0.25) is 4.90 Å². The normalized spacial score (nSPS) is 16.8. The highest BCUT2D eigenvalue weighted by atomic mass is 15.1. The largest absolute Gasteiger partial charge is 0.330 e. The summed E-state index contributed by atoms with van der Waals surface area (Å²) in [6.07, 6.45) is 6.24. The molecule has 1 aliphatic heterocycles. The third-order valence-corrected chi connectivity index (χ3v) is 4.58. The van der Waals surface area contributed by atoms with E-state index in [0.29, 0.717) is 5.41 Å². The van der Waals surface area contributed by atoms with Gasteiger partial charge in [0.25, 0.3) is 0 Å². The molecule has 0 bridgehead atoms. The Morgan fingerprint density at radius 2 is 1.90 bits per heavy atom. The van der Waals surface area contributed by atoms with E-state index in [2.05, 4.69) is 43.0 Å². The quantitative estimate of drug-likeness (QED) is 0.859. The molecule has 2 N–H and O–H groups in total. The maximum atomic E-state index is 5.69. The summed E-state index contributed by atoms with van der Waals surface area (Å²) in [6.45, 7) is 9.10. The minimum absolute atomic E-state index is 0.401. The van der Waals surface area contributed by atoms with Crippen molar-refractivity contribution in [2.45, 2.75) is 52.5 Å². The van der Waals surface area contributed by atoms with Crippen LogP contribution < -0.4 is 5.73 Å². The van der Waals surface area contributed by atoms with Crippen LogP contribution in [0.2, 0.25) is 0 Å². The first kappa shape index (κ1) is 15.5. The van der Waals surface area contributed by atoms with Crippen molar-refractivity contribution in [1.82, 2.24) is 4.90 Å². The van der Waals surface area contributed by atoms with Gasteiger partial charge in [0.2, 0.25) is 0 Å². The van der Waals surface area contributed by atoms with Gasteiger partial charge in [-0.1, -0.05) is 38.1 Å². The third kappa shape index (κ3) is 4.60. The fourth-order valence-corrected chi connectivity index (χ4v) is 3.26. The number of hydrogen-bond acceptors (Lipinski definition) is 2. The van der Waals surface area contributed by atoms with E-state index in [9.17, 15) is 0 Å². The van der Waals surface area contributed by atoms with Crippen molar-refractivity contribution in [3.05, 3.63) is 35.4 Å². The molecule has 1 aromatic rings. The monoisotopic (exact) mass is 274 g/mol. The second kappa shape index (κ2) is 7.24. The Morgan fingerprint density at radius 1 is 1.15 bits per heavy atom. The number of rotatable bonds is 6. The standard InChI is InChI=1S/C18H30N2/c1-18(2,11-12-19)10-6-14-20-13-5-9-16-7-3-4-8-17(16)15-20/h3-4,7-8H,5-6,9-15,19H2,1-2H3. The predicted molar refractivity (Wildman–Crippen MR) is 86.7 cm³/mol. The summed E-state index contributed by atoms with van der Waals surface area (Å²) >= 11 is 0. The smallest absolute Gasteiger partial charge is 0.0236 e. The van der Waals surface area contributed by atoms with Gasteiger partial charge in [-0.2, -0.15) is 0 Å². The minimum atomic E-state index is 0.401. The van der Waals surface area contributed by atoms with Crippen LogP contribution >= 0.6 is 0 Å². The van der Waals surface area contributed by atoms with Crippen molar-refractivity contribution in [3.63, 3.8) is 0 Å². The van der Waals surface area contributed by atoms with Crippen molar-refractivity contribution in [1.29, 1.82) is 0 Å². The SMILES string of the molecule is CC(C)(CCN)CCCN1CCCc2ccccc2C1. The van der Waals surface area contributed by atoms with Crippen LogP contribution in [0.15, 0.2) is 24.3 Å². The van der Waals surface area contributed by atoms with E-state index in [1.165, 1.54) is 44.3 Å². The van der Waals surface area contributed by atoms with Crippen LogP contribution in [0.25, 0.3) is 0 Å². The summed E-state index contributed by atoms with van der Waals surface area (Å²) in [5, 5.41) is 0. The van der Waals surface area contributed by atoms with Crippen molar-refractivity contribution in [2.75, 3.05) is 19.6 Å². The molecule has 0 aromatic heterocycles. The second-order valence-electron chi connectivity index (χ2n) is 6.95. The zero-order chi connectivity index (χ0) is 14.4. The molecule has 2 nitrogen and oxygen atoms in total. The summed E-state index contributed by atoms with van der Waals surface area (Å²) in [4.78, 5) is 2.63. The summed E-state index contributed by atoms with van der Waals surface area (Å²) in [5.41, 5.74) is 9.18. The van der Waals surface area contributed by atoms with Gasteiger partial charge < -0.3 is 5.73 Å². The Bertz CT molecular complexity index is 412. The predicted octanol–water partition coefficient (Wildman–Crippen LogP) is 3.59. The molecule has 112 valence electrons. The van der Waals surface area contributed by atoms with Crippen molar-refractivity contribution in [3.8, 4) is 0 Å². The number of nitrogens with zero attached hydrogens (tertiary/aromatic N) is 1. The third-order valence-electron chi connectivity index (χ3n) is 4.58. The van der Waals surface area contributed by atoms with Crippen molar-refractivity contribution in [2.24, 2.45) is 11.1 Å². The zero-order valence-corrected chi connectivity index (χ0v) is 13.2. The molecule has 0 amide bonds. The van der Waals surface area contributed by atoms with Crippen LogP contribution in [0.5, 0.6) is 0 Å². The van der Waals surface area contributed by atoms with Crippen LogP contribution in [0.3, 0.4) is 0 Å². The van der Waals surface area contributed by atoms with Crippen LogP contribution in [0, 0.1) is 5.41 Å². The number of nitrogens with two attached hydrogens (primary N) is 1. The number of fused-ring (bicyclic) bond motifs is 1. The molecule has 0 radical (unpaired) electrons. The zero-order valence-electron chi connectivity index (χ0n) is 13.2. The Balaban J connectivity index is 1.82. The molecule has 0 atom stereocenters. The molecule has 20 heavy (non-hydrogen) atoms. The highest BCUT2D eigenvalue weighted by Crippen LogP contribution is 2.26. The Hall–Kier alpha value is -0.860. The highest BCUT2D eigenvalue weighted by Gasteiger charge is 2.18. The molecule has 0 fully saturated rings. The van der Waals surface area contributed by atoms with Crippen LogP contribution in [-0.4, -0.2) is 24.5 Å². The van der Waals surface area contributed by atoms with Crippen LogP contribution in [0.1, 0.15) is 50.7 Å². The Morgan fingerprint density at radius 3 is 2.65 bits per heavy atom. The lowest BCUT2D eigenvalue weighted by Gasteiger charge is -2.26. The average molecular weight is 274 g/mol. The first-order valence-corrected chi connectivity index (χ1v) is 8.10. The molecule has 0 spiro atoms. The first-order chi connectivity index (χ1) is 9.61. The lowest BCUT2D eigenvalue weighted by atomic mass is 9.84. The van der Waals surface area contributed by atoms with E-state index in [0.717, 1.165) is 19.5 Å². The van der Waals surface area contributed by atoms with Crippen molar-refractivity contribution >= 4 is 0 Å². The van der Waals surface area contributed by atoms with E-state index in [4.69, 9.17) is 5.73 Å². The molecule has 0 unspecified atom stereocenters. The van der Waals surface area contributed by atoms with Gasteiger partial charge in [0.1, 0.15) is 0 Å². The van der Waals surface area contributed by atoms with E-state index in [1.807, 2.05) is 0 Å². The molecule has 0 saturated heterocycles. The van der Waals surface area contributed by atoms with Gasteiger partial charge in [-0.25, -0.2) is 0 Å². The lowest BCUT2D eigenvalue weighted by molar-refractivity contribution is 0.231. The maximum absolute atomic E-state index is 5.69. The molecule has 1 aromatic carbocycles. The lowest BCUT2D eigenvalue weighted by Crippen LogP contribution is -2.26. The van der Waals surface area contributed by atoms with Gasteiger partial charge >= 0.3 is 0 Å². The summed E-state index contributed by atoms with van der Waals surface area (Å²) in [6, 6.07) is 8.94. The molecule has 1 heterocycles. The molecule has 2 rings (SSSR count). The Kier molecular flexibility index (Phi) is 5.62. The van der Waals surface area contributed by atoms with E-state index >= 15 is 0 Å². The fraction of sp³-hybridized carbons (Fsp3) is 0.667. The topological polar surface area (TPSA) is 29.3 Å². The molecule has 0 aliphatic carbocycles. The summed E-state index contributed by atoms with van der Waals surface area (Å²) in [7, 11) is 0. The van der Waals surface area contributed by atoms with Gasteiger partial charge in [-0.15, -0.1) is 0 Å². The molecular weight excluding hydrogens is 244 g/mol. The molecule has 1 aliphatic rings. The van der Waals surface area contributed by atoms with Gasteiger partial charge in [-0.05, 0) is 68.3 Å². The van der Waals surface area contributed by atoms with E-state index in [1.54, 1.807) is 5.56 Å². The first-order valence-electron chi connectivity index (χ1n) is 8.10. The maximum Gasteiger partial charge on any atom is 0.0236 e. The molecular formula is C18H30N2. The minimum Gasteiger partial charge on any atom is -0.330 e. The number of aryl methyl sites for hydroxylation is 1. The van der Waals surface area contributed by atoms with E-state index in [-0.39, 0.29) is 0 Å². The second-order valence-corrected chi connectivity index (χ2v) is 6.95. The highest BCUT2D eigenvalue weighted by molar-refractivity contribution is 5.27. The number of benzene rings is 1. The fourth-order valence-electron chi connectivity index (χ4n) is 3.26. The van der Waals surface area contributed by atoms with Gasteiger partial charge in [0, 0.05) is 6.54 Å². The van der Waals surface area contributed by atoms with E-state index < -0.39 is 0 Å². The van der Waals surface area contributed by atoms with Crippen LogP contribution in [0.4, 0.5) is 0 Å². The molecule has 2 heteroatoms. The van der Waals surface area contributed by atoms with Gasteiger partial charge in [0.05, 0.1) is 0 Å².